The van der Waals surface area contributed by atoms with Gasteiger partial charge in [-0.1, -0.05) is 11.3 Å². The third kappa shape index (κ3) is 3.24. The molecule has 0 unspecified atom stereocenters. The number of anilines is 1. The minimum Gasteiger partial charge on any atom is -0.302 e. The molecule has 0 bridgehead atoms. The van der Waals surface area contributed by atoms with E-state index in [0.29, 0.717) is 28.2 Å². The number of thiazole rings is 1. The van der Waals surface area contributed by atoms with Gasteiger partial charge < -0.3 is 5.32 Å². The number of benzene rings is 1. The fraction of sp³-hybridized carbons (Fsp3) is 0.467. The minimum absolute atomic E-state index is 0.200. The summed E-state index contributed by atoms with van der Waals surface area (Å²) in [6, 6.07) is 4.62. The van der Waals surface area contributed by atoms with E-state index in [2.05, 4.69) is 10.3 Å². The van der Waals surface area contributed by atoms with Crippen LogP contribution in [0.3, 0.4) is 0 Å². The van der Waals surface area contributed by atoms with Gasteiger partial charge in [-0.25, -0.2) is 21.8 Å². The van der Waals surface area contributed by atoms with Crippen LogP contribution >= 0.6 is 11.3 Å². The first-order valence-electron chi connectivity index (χ1n) is 8.05. The van der Waals surface area contributed by atoms with Gasteiger partial charge in [0.2, 0.25) is 15.9 Å². The molecule has 1 aliphatic heterocycles. The SMILES string of the molecule is CS(=O)(=O)c1ccc2nc(NC(=O)C3CN(S(=O)(=O)C4CC4)C3)sc2c1. The van der Waals surface area contributed by atoms with Crippen LogP contribution in [0, 0.1) is 5.92 Å². The molecule has 4 rings (SSSR count). The van der Waals surface area contributed by atoms with E-state index in [-0.39, 0.29) is 35.1 Å². The van der Waals surface area contributed by atoms with Crippen molar-refractivity contribution in [2.75, 3.05) is 24.7 Å². The Balaban J connectivity index is 1.44. The van der Waals surface area contributed by atoms with Crippen molar-refractivity contribution in [3.05, 3.63) is 18.2 Å². The second-order valence-corrected chi connectivity index (χ2v) is 11.9. The zero-order valence-corrected chi connectivity index (χ0v) is 16.3. The molecule has 1 amide bonds. The smallest absolute Gasteiger partial charge is 0.231 e. The van der Waals surface area contributed by atoms with E-state index in [0.717, 1.165) is 6.26 Å². The summed E-state index contributed by atoms with van der Waals surface area (Å²) >= 11 is 1.19. The first-order chi connectivity index (χ1) is 12.1. The van der Waals surface area contributed by atoms with Crippen molar-refractivity contribution in [1.82, 2.24) is 9.29 Å². The molecule has 26 heavy (non-hydrogen) atoms. The molecular weight excluding hydrogens is 398 g/mol. The Morgan fingerprint density at radius 1 is 1.23 bits per heavy atom. The molecule has 1 saturated carbocycles. The molecule has 11 heteroatoms. The van der Waals surface area contributed by atoms with Crippen molar-refractivity contribution >= 4 is 52.5 Å². The van der Waals surface area contributed by atoms with E-state index >= 15 is 0 Å². The molecule has 0 atom stereocenters. The van der Waals surface area contributed by atoms with Crippen LogP contribution in [-0.4, -0.2) is 56.6 Å². The van der Waals surface area contributed by atoms with Crippen LogP contribution in [0.2, 0.25) is 0 Å². The van der Waals surface area contributed by atoms with Crippen LogP contribution in [0.15, 0.2) is 23.1 Å². The highest BCUT2D eigenvalue weighted by atomic mass is 32.2. The van der Waals surface area contributed by atoms with Crippen LogP contribution < -0.4 is 5.32 Å². The van der Waals surface area contributed by atoms with Crippen molar-refractivity contribution in [2.45, 2.75) is 23.0 Å². The number of aromatic nitrogens is 1. The van der Waals surface area contributed by atoms with E-state index < -0.39 is 19.9 Å². The summed E-state index contributed by atoms with van der Waals surface area (Å²) in [5, 5.41) is 2.82. The maximum atomic E-state index is 12.3. The number of nitrogens with zero attached hydrogens (tertiary/aromatic N) is 2. The van der Waals surface area contributed by atoms with Gasteiger partial charge in [-0.3, -0.25) is 4.79 Å². The maximum absolute atomic E-state index is 12.3. The average molecular weight is 416 g/mol. The first-order valence-corrected chi connectivity index (χ1v) is 12.3. The lowest BCUT2D eigenvalue weighted by atomic mass is 10.0. The van der Waals surface area contributed by atoms with Gasteiger partial charge in [0.15, 0.2) is 15.0 Å². The van der Waals surface area contributed by atoms with Crippen molar-refractivity contribution in [3.63, 3.8) is 0 Å². The third-order valence-corrected chi connectivity index (χ3v) is 8.92. The van der Waals surface area contributed by atoms with Crippen molar-refractivity contribution in [2.24, 2.45) is 5.92 Å². The van der Waals surface area contributed by atoms with Crippen LogP contribution in [0.4, 0.5) is 5.13 Å². The lowest BCUT2D eigenvalue weighted by Gasteiger charge is -2.36. The highest BCUT2D eigenvalue weighted by Gasteiger charge is 2.47. The topological polar surface area (TPSA) is 114 Å². The molecule has 1 aromatic carbocycles. The monoisotopic (exact) mass is 415 g/mol. The predicted molar refractivity (Wildman–Crippen MR) is 98.4 cm³/mol. The van der Waals surface area contributed by atoms with Gasteiger partial charge >= 0.3 is 0 Å². The maximum Gasteiger partial charge on any atom is 0.231 e. The molecule has 2 aromatic rings. The fourth-order valence-electron chi connectivity index (χ4n) is 2.78. The van der Waals surface area contributed by atoms with Crippen LogP contribution in [0.1, 0.15) is 12.8 Å². The summed E-state index contributed by atoms with van der Waals surface area (Å²) < 4.78 is 49.4. The Kier molecular flexibility index (Phi) is 4.10. The largest absolute Gasteiger partial charge is 0.302 e. The Morgan fingerprint density at radius 3 is 2.54 bits per heavy atom. The van der Waals surface area contributed by atoms with E-state index in [1.165, 1.54) is 27.8 Å². The Bertz CT molecular complexity index is 1100. The number of hydrogen-bond acceptors (Lipinski definition) is 7. The number of carbonyl (C=O) groups excluding carboxylic acids is 1. The van der Waals surface area contributed by atoms with Crippen molar-refractivity contribution < 1.29 is 21.6 Å². The van der Waals surface area contributed by atoms with E-state index in [1.54, 1.807) is 6.07 Å². The Labute approximate surface area is 155 Å². The molecule has 0 spiro atoms. The van der Waals surface area contributed by atoms with E-state index in [4.69, 9.17) is 0 Å². The van der Waals surface area contributed by atoms with E-state index in [1.807, 2.05) is 0 Å². The van der Waals surface area contributed by atoms with Crippen molar-refractivity contribution in [3.8, 4) is 0 Å². The molecule has 1 N–H and O–H groups in total. The number of amides is 1. The summed E-state index contributed by atoms with van der Waals surface area (Å²) in [6.45, 7) is 0.404. The van der Waals surface area contributed by atoms with Gasteiger partial charge in [0, 0.05) is 19.3 Å². The second kappa shape index (κ2) is 5.98. The number of sulfonamides is 1. The summed E-state index contributed by atoms with van der Waals surface area (Å²) in [7, 11) is -6.53. The molecule has 2 fully saturated rings. The van der Waals surface area contributed by atoms with Crippen LogP contribution in [-0.2, 0) is 24.7 Å². The van der Waals surface area contributed by atoms with E-state index in [9.17, 15) is 21.6 Å². The quantitative estimate of drug-likeness (QED) is 0.781. The van der Waals surface area contributed by atoms with Crippen molar-refractivity contribution in [1.29, 1.82) is 0 Å². The highest BCUT2D eigenvalue weighted by molar-refractivity contribution is 7.90. The first kappa shape index (κ1) is 17.8. The van der Waals surface area contributed by atoms with Gasteiger partial charge in [-0.2, -0.15) is 4.31 Å². The molecule has 2 heterocycles. The highest BCUT2D eigenvalue weighted by Crippen LogP contribution is 2.35. The summed E-state index contributed by atoms with van der Waals surface area (Å²) in [5.74, 6) is -0.656. The lowest BCUT2D eigenvalue weighted by Crippen LogP contribution is -2.55. The summed E-state index contributed by atoms with van der Waals surface area (Å²) in [5.41, 5.74) is 0.601. The number of sulfone groups is 1. The molecule has 8 nitrogen and oxygen atoms in total. The number of rotatable bonds is 5. The van der Waals surface area contributed by atoms with Gasteiger partial charge in [0.05, 0.1) is 26.3 Å². The molecule has 1 aromatic heterocycles. The Hall–Kier alpha value is -1.56. The number of hydrogen-bond donors (Lipinski definition) is 1. The average Bonchev–Trinajstić information content (AvgIpc) is 3.25. The number of fused-ring (bicyclic) bond motifs is 1. The molecule has 1 aliphatic carbocycles. The Morgan fingerprint density at radius 2 is 1.92 bits per heavy atom. The van der Waals surface area contributed by atoms with Crippen LogP contribution in [0.5, 0.6) is 0 Å². The number of nitrogens with one attached hydrogen (secondary N) is 1. The summed E-state index contributed by atoms with van der Waals surface area (Å²) in [4.78, 5) is 16.8. The standard InChI is InChI=1S/C15H17N3O5S3/c1-25(20,21)11-4-5-12-13(6-11)24-15(16-12)17-14(19)9-7-18(8-9)26(22,23)10-2-3-10/h4-6,9-10H,2-3,7-8H2,1H3,(H,16,17,19). The van der Waals surface area contributed by atoms with Gasteiger partial charge in [-0.15, -0.1) is 0 Å². The van der Waals surface area contributed by atoms with Crippen LogP contribution in [0.25, 0.3) is 10.2 Å². The second-order valence-electron chi connectivity index (χ2n) is 6.67. The summed E-state index contributed by atoms with van der Waals surface area (Å²) in [6.07, 6.45) is 2.55. The van der Waals surface area contributed by atoms with Gasteiger partial charge in [-0.05, 0) is 31.0 Å². The molecule has 0 radical (unpaired) electrons. The normalized spacial score (nSPS) is 19.4. The molecule has 140 valence electrons. The zero-order chi connectivity index (χ0) is 18.7. The lowest BCUT2D eigenvalue weighted by molar-refractivity contribution is -0.122. The molecular formula is C15H17N3O5S3. The zero-order valence-electron chi connectivity index (χ0n) is 13.9. The fourth-order valence-corrected chi connectivity index (χ4v) is 6.34. The van der Waals surface area contributed by atoms with Gasteiger partial charge in [0.25, 0.3) is 0 Å². The molecule has 1 saturated heterocycles. The van der Waals surface area contributed by atoms with Gasteiger partial charge in [0.1, 0.15) is 0 Å². The number of carbonyl (C=O) groups is 1. The third-order valence-electron chi connectivity index (χ3n) is 4.54. The predicted octanol–water partition coefficient (Wildman–Crippen LogP) is 1.06. The molecule has 2 aliphatic rings. The minimum atomic E-state index is -3.31.